The van der Waals surface area contributed by atoms with Gasteiger partial charge in [-0.15, -0.1) is 0 Å². The molecule has 1 spiro atoms. The standard InChI is InChI=1S/C16H29N5O2/c17-6-11-21-14(22)16(18-15(21)23)4-9-20(10-5-16)13-12-19-7-2-1-3-8-19/h1-13,17H2,(H,18,23). The summed E-state index contributed by atoms with van der Waals surface area (Å²) in [6, 6.07) is -0.276. The van der Waals surface area contributed by atoms with Crippen LogP contribution in [-0.4, -0.2) is 84.5 Å². The van der Waals surface area contributed by atoms with Crippen LogP contribution in [0.25, 0.3) is 0 Å². The van der Waals surface area contributed by atoms with Crippen molar-refractivity contribution in [3.8, 4) is 0 Å². The summed E-state index contributed by atoms with van der Waals surface area (Å²) in [4.78, 5) is 30.8. The molecule has 7 nitrogen and oxygen atoms in total. The van der Waals surface area contributed by atoms with E-state index >= 15 is 0 Å². The topological polar surface area (TPSA) is 81.9 Å². The highest BCUT2D eigenvalue weighted by molar-refractivity contribution is 6.07. The number of nitrogens with zero attached hydrogens (tertiary/aromatic N) is 3. The van der Waals surface area contributed by atoms with Gasteiger partial charge in [-0.2, -0.15) is 0 Å². The maximum Gasteiger partial charge on any atom is 0.325 e. The Bertz CT molecular complexity index is 442. The average molecular weight is 323 g/mol. The fraction of sp³-hybridized carbons (Fsp3) is 0.875. The SMILES string of the molecule is NCCN1C(=O)NC2(CCN(CCN3CCCCC3)CC2)C1=O. The molecular weight excluding hydrogens is 294 g/mol. The van der Waals surface area contributed by atoms with E-state index in [0.29, 0.717) is 25.9 Å². The molecule has 3 rings (SSSR count). The number of imide groups is 1. The maximum absolute atomic E-state index is 12.6. The van der Waals surface area contributed by atoms with Gasteiger partial charge in [-0.25, -0.2) is 4.79 Å². The molecule has 130 valence electrons. The number of carbonyl (C=O) groups is 2. The Morgan fingerprint density at radius 3 is 2.13 bits per heavy atom. The van der Waals surface area contributed by atoms with E-state index in [4.69, 9.17) is 5.73 Å². The van der Waals surface area contributed by atoms with E-state index in [9.17, 15) is 9.59 Å². The molecule has 0 bridgehead atoms. The number of carbonyl (C=O) groups excluding carboxylic acids is 2. The third kappa shape index (κ3) is 3.51. The van der Waals surface area contributed by atoms with Crippen LogP contribution >= 0.6 is 0 Å². The zero-order valence-corrected chi connectivity index (χ0v) is 13.9. The van der Waals surface area contributed by atoms with Crippen LogP contribution in [0.4, 0.5) is 4.79 Å². The minimum absolute atomic E-state index is 0.0800. The number of nitrogens with one attached hydrogen (secondary N) is 1. The molecule has 23 heavy (non-hydrogen) atoms. The highest BCUT2D eigenvalue weighted by atomic mass is 16.2. The number of nitrogens with two attached hydrogens (primary N) is 1. The van der Waals surface area contributed by atoms with Crippen LogP contribution in [0, 0.1) is 0 Å². The number of urea groups is 1. The first-order valence-corrected chi connectivity index (χ1v) is 8.93. The first-order valence-electron chi connectivity index (χ1n) is 8.93. The van der Waals surface area contributed by atoms with Crippen LogP contribution in [-0.2, 0) is 4.79 Å². The lowest BCUT2D eigenvalue weighted by Gasteiger charge is -2.38. The van der Waals surface area contributed by atoms with Crippen molar-refractivity contribution in [3.63, 3.8) is 0 Å². The Morgan fingerprint density at radius 1 is 0.913 bits per heavy atom. The minimum atomic E-state index is -0.673. The van der Waals surface area contributed by atoms with Crippen LogP contribution in [0.1, 0.15) is 32.1 Å². The van der Waals surface area contributed by atoms with Crippen molar-refractivity contribution in [2.75, 3.05) is 52.4 Å². The minimum Gasteiger partial charge on any atom is -0.329 e. The maximum atomic E-state index is 12.6. The molecule has 0 unspecified atom stereocenters. The van der Waals surface area contributed by atoms with Gasteiger partial charge in [0.25, 0.3) is 5.91 Å². The lowest BCUT2D eigenvalue weighted by atomic mass is 9.87. The molecule has 0 aromatic heterocycles. The lowest BCUT2D eigenvalue weighted by molar-refractivity contribution is -0.132. The van der Waals surface area contributed by atoms with E-state index in [1.807, 2.05) is 0 Å². The van der Waals surface area contributed by atoms with Gasteiger partial charge in [-0.3, -0.25) is 9.69 Å². The number of amides is 3. The van der Waals surface area contributed by atoms with E-state index in [2.05, 4.69) is 15.1 Å². The number of piperidine rings is 2. The Morgan fingerprint density at radius 2 is 1.52 bits per heavy atom. The zero-order valence-electron chi connectivity index (χ0n) is 13.9. The Balaban J connectivity index is 1.48. The number of likely N-dealkylation sites (tertiary alicyclic amines) is 2. The van der Waals surface area contributed by atoms with Gasteiger partial charge < -0.3 is 20.9 Å². The van der Waals surface area contributed by atoms with E-state index in [0.717, 1.165) is 26.2 Å². The van der Waals surface area contributed by atoms with Crippen LogP contribution in [0.2, 0.25) is 0 Å². The number of hydrogen-bond acceptors (Lipinski definition) is 5. The summed E-state index contributed by atoms with van der Waals surface area (Å²) in [5.74, 6) is -0.0800. The van der Waals surface area contributed by atoms with Crippen molar-refractivity contribution in [3.05, 3.63) is 0 Å². The van der Waals surface area contributed by atoms with Crippen LogP contribution < -0.4 is 11.1 Å². The zero-order chi connectivity index (χ0) is 16.3. The predicted octanol–water partition coefficient (Wildman–Crippen LogP) is -0.183. The van der Waals surface area contributed by atoms with E-state index in [1.54, 1.807) is 0 Å². The molecule has 3 aliphatic heterocycles. The predicted molar refractivity (Wildman–Crippen MR) is 88.0 cm³/mol. The molecule has 3 saturated heterocycles. The molecule has 3 amide bonds. The molecule has 3 fully saturated rings. The Hall–Kier alpha value is -1.18. The summed E-state index contributed by atoms with van der Waals surface area (Å²) in [6.45, 7) is 6.99. The van der Waals surface area contributed by atoms with Crippen molar-refractivity contribution in [2.24, 2.45) is 5.73 Å². The van der Waals surface area contributed by atoms with E-state index in [1.165, 1.54) is 37.3 Å². The quantitative estimate of drug-likeness (QED) is 0.686. The third-order valence-electron chi connectivity index (χ3n) is 5.49. The van der Waals surface area contributed by atoms with Gasteiger partial charge in [0.05, 0.1) is 0 Å². The molecule has 0 aliphatic carbocycles. The van der Waals surface area contributed by atoms with Crippen LogP contribution in [0.5, 0.6) is 0 Å². The average Bonchev–Trinajstić information content (AvgIpc) is 2.80. The molecule has 3 N–H and O–H groups in total. The molecule has 3 heterocycles. The highest BCUT2D eigenvalue weighted by Gasteiger charge is 2.51. The first-order chi connectivity index (χ1) is 11.1. The largest absolute Gasteiger partial charge is 0.329 e. The summed E-state index contributed by atoms with van der Waals surface area (Å²) in [5.41, 5.74) is 4.82. The summed E-state index contributed by atoms with van der Waals surface area (Å²) in [7, 11) is 0. The second kappa shape index (κ2) is 7.15. The molecular formula is C16H29N5O2. The molecule has 0 radical (unpaired) electrons. The van der Waals surface area contributed by atoms with Gasteiger partial charge in [0.1, 0.15) is 5.54 Å². The Labute approximate surface area is 138 Å². The summed E-state index contributed by atoms with van der Waals surface area (Å²) in [5, 5.41) is 2.92. The summed E-state index contributed by atoms with van der Waals surface area (Å²) >= 11 is 0. The van der Waals surface area contributed by atoms with Gasteiger partial charge in [0.2, 0.25) is 0 Å². The molecule has 7 heteroatoms. The lowest BCUT2D eigenvalue weighted by Crippen LogP contribution is -2.55. The van der Waals surface area contributed by atoms with Gasteiger partial charge in [0, 0.05) is 39.3 Å². The number of rotatable bonds is 5. The summed E-state index contributed by atoms with van der Waals surface area (Å²) < 4.78 is 0. The normalized spacial score (nSPS) is 26.0. The third-order valence-corrected chi connectivity index (χ3v) is 5.49. The molecule has 0 atom stereocenters. The molecule has 0 aromatic rings. The van der Waals surface area contributed by atoms with Crippen LogP contribution in [0.15, 0.2) is 0 Å². The second-order valence-electron chi connectivity index (χ2n) is 7.00. The van der Waals surface area contributed by atoms with Crippen molar-refractivity contribution in [1.29, 1.82) is 0 Å². The van der Waals surface area contributed by atoms with Gasteiger partial charge in [-0.1, -0.05) is 6.42 Å². The molecule has 3 aliphatic rings. The van der Waals surface area contributed by atoms with Crippen LogP contribution in [0.3, 0.4) is 0 Å². The first kappa shape index (κ1) is 16.7. The summed E-state index contributed by atoms with van der Waals surface area (Å²) in [6.07, 6.45) is 5.42. The monoisotopic (exact) mass is 323 g/mol. The highest BCUT2D eigenvalue weighted by Crippen LogP contribution is 2.29. The smallest absolute Gasteiger partial charge is 0.325 e. The van der Waals surface area contributed by atoms with Gasteiger partial charge in [-0.05, 0) is 38.8 Å². The van der Waals surface area contributed by atoms with Crippen molar-refractivity contribution in [1.82, 2.24) is 20.0 Å². The fourth-order valence-corrected chi connectivity index (χ4v) is 3.97. The van der Waals surface area contributed by atoms with Crippen molar-refractivity contribution in [2.45, 2.75) is 37.6 Å². The van der Waals surface area contributed by atoms with E-state index < -0.39 is 5.54 Å². The molecule has 0 aromatic carbocycles. The van der Waals surface area contributed by atoms with E-state index in [-0.39, 0.29) is 11.9 Å². The van der Waals surface area contributed by atoms with Crippen molar-refractivity contribution >= 4 is 11.9 Å². The van der Waals surface area contributed by atoms with Gasteiger partial charge in [0.15, 0.2) is 0 Å². The Kier molecular flexibility index (Phi) is 5.18. The van der Waals surface area contributed by atoms with Crippen molar-refractivity contribution < 1.29 is 9.59 Å². The fourth-order valence-electron chi connectivity index (χ4n) is 3.97. The molecule has 0 saturated carbocycles. The number of hydrogen-bond donors (Lipinski definition) is 2. The second-order valence-corrected chi connectivity index (χ2v) is 7.00. The van der Waals surface area contributed by atoms with Gasteiger partial charge >= 0.3 is 6.03 Å².